The molecule has 2 aromatic carbocycles. The summed E-state index contributed by atoms with van der Waals surface area (Å²) in [6, 6.07) is 14.5. The maximum absolute atomic E-state index is 11.9. The lowest BCUT2D eigenvalue weighted by atomic mass is 10.1. The molecular formula is C23H28N2O5. The number of hydrogen-bond acceptors (Lipinski definition) is 6. The molecule has 160 valence electrons. The van der Waals surface area contributed by atoms with E-state index < -0.39 is 17.9 Å². The third kappa shape index (κ3) is 8.36. The van der Waals surface area contributed by atoms with Crippen molar-refractivity contribution in [2.24, 2.45) is 5.73 Å². The molecule has 2 rings (SSSR count). The summed E-state index contributed by atoms with van der Waals surface area (Å²) in [5.41, 5.74) is 7.96. The second-order valence-corrected chi connectivity index (χ2v) is 6.65. The quantitative estimate of drug-likeness (QED) is 0.433. The van der Waals surface area contributed by atoms with Gasteiger partial charge in [-0.05, 0) is 55.3 Å². The Labute approximate surface area is 176 Å². The van der Waals surface area contributed by atoms with Gasteiger partial charge in [0.05, 0.1) is 13.2 Å². The van der Waals surface area contributed by atoms with Crippen LogP contribution in [0.15, 0.2) is 60.7 Å². The van der Waals surface area contributed by atoms with Crippen molar-refractivity contribution in [2.45, 2.75) is 19.4 Å². The molecule has 7 heteroatoms. The summed E-state index contributed by atoms with van der Waals surface area (Å²) < 4.78 is 15.7. The average Bonchev–Trinajstić information content (AvgIpc) is 2.76. The van der Waals surface area contributed by atoms with Crippen molar-refractivity contribution in [3.8, 4) is 11.5 Å². The van der Waals surface area contributed by atoms with E-state index >= 15 is 0 Å². The standard InChI is InChI=1S/C23H28N2O5/c1-17-5-9-19(10-6-17)29-13-3-4-14-30-20-11-7-18(8-12-20)15-21(24)23(27)25-16-22(26)28-2/h3-12,21H,13-16,24H2,1-2H3,(H,25,27)/b4-3-/t21-/m1/s1. The van der Waals surface area contributed by atoms with Crippen LogP contribution in [-0.4, -0.2) is 44.8 Å². The van der Waals surface area contributed by atoms with E-state index in [4.69, 9.17) is 15.2 Å². The van der Waals surface area contributed by atoms with Crippen LogP contribution in [-0.2, 0) is 20.7 Å². The highest BCUT2D eigenvalue weighted by atomic mass is 16.5. The van der Waals surface area contributed by atoms with Crippen LogP contribution in [0.4, 0.5) is 0 Å². The summed E-state index contributed by atoms with van der Waals surface area (Å²) in [5, 5.41) is 2.44. The molecule has 1 amide bonds. The molecule has 0 aromatic heterocycles. The number of methoxy groups -OCH3 is 1. The molecule has 7 nitrogen and oxygen atoms in total. The predicted molar refractivity (Wildman–Crippen MR) is 114 cm³/mol. The number of hydrogen-bond donors (Lipinski definition) is 2. The molecule has 3 N–H and O–H groups in total. The van der Waals surface area contributed by atoms with Gasteiger partial charge in [-0.15, -0.1) is 0 Å². The highest BCUT2D eigenvalue weighted by molar-refractivity contribution is 5.85. The predicted octanol–water partition coefficient (Wildman–Crippen LogP) is 2.17. The molecule has 0 unspecified atom stereocenters. The number of ether oxygens (including phenoxy) is 3. The fourth-order valence-corrected chi connectivity index (χ4v) is 2.49. The molecule has 2 aromatic rings. The Morgan fingerprint density at radius 2 is 1.50 bits per heavy atom. The lowest BCUT2D eigenvalue weighted by Crippen LogP contribution is -2.44. The minimum absolute atomic E-state index is 0.195. The maximum Gasteiger partial charge on any atom is 0.325 e. The third-order valence-corrected chi connectivity index (χ3v) is 4.23. The third-order valence-electron chi connectivity index (χ3n) is 4.23. The number of esters is 1. The molecule has 0 radical (unpaired) electrons. The van der Waals surface area contributed by atoms with Crippen LogP contribution in [0.25, 0.3) is 0 Å². The van der Waals surface area contributed by atoms with E-state index in [1.807, 2.05) is 67.6 Å². The molecule has 0 saturated heterocycles. The van der Waals surface area contributed by atoms with Crippen molar-refractivity contribution >= 4 is 11.9 Å². The van der Waals surface area contributed by atoms with E-state index in [0.717, 1.165) is 11.3 Å². The summed E-state index contributed by atoms with van der Waals surface area (Å²) in [7, 11) is 1.26. The van der Waals surface area contributed by atoms with Gasteiger partial charge in [-0.1, -0.05) is 29.8 Å². The van der Waals surface area contributed by atoms with Gasteiger partial charge in [0.1, 0.15) is 31.3 Å². The summed E-state index contributed by atoms with van der Waals surface area (Å²) >= 11 is 0. The molecule has 0 saturated carbocycles. The highest BCUT2D eigenvalue weighted by Crippen LogP contribution is 2.14. The normalized spacial score (nSPS) is 11.7. The zero-order valence-electron chi connectivity index (χ0n) is 17.3. The van der Waals surface area contributed by atoms with Crippen LogP contribution < -0.4 is 20.5 Å². The van der Waals surface area contributed by atoms with Gasteiger partial charge in [0.25, 0.3) is 0 Å². The Morgan fingerprint density at radius 3 is 2.03 bits per heavy atom. The van der Waals surface area contributed by atoms with Crippen LogP contribution in [0, 0.1) is 6.92 Å². The van der Waals surface area contributed by atoms with Gasteiger partial charge in [0, 0.05) is 0 Å². The van der Waals surface area contributed by atoms with Gasteiger partial charge in [-0.3, -0.25) is 9.59 Å². The summed E-state index contributed by atoms with van der Waals surface area (Å²) in [4.78, 5) is 22.9. The Hall–Kier alpha value is -3.32. The van der Waals surface area contributed by atoms with Crippen molar-refractivity contribution in [2.75, 3.05) is 26.9 Å². The lowest BCUT2D eigenvalue weighted by Gasteiger charge is -2.12. The van der Waals surface area contributed by atoms with Gasteiger partial charge >= 0.3 is 5.97 Å². The topological polar surface area (TPSA) is 99.9 Å². The van der Waals surface area contributed by atoms with E-state index in [1.54, 1.807) is 0 Å². The van der Waals surface area contributed by atoms with Crippen molar-refractivity contribution < 1.29 is 23.8 Å². The first-order chi connectivity index (χ1) is 14.5. The molecule has 0 spiro atoms. The van der Waals surface area contributed by atoms with Crippen molar-refractivity contribution in [3.05, 3.63) is 71.8 Å². The fourth-order valence-electron chi connectivity index (χ4n) is 2.49. The number of carbonyl (C=O) groups excluding carboxylic acids is 2. The zero-order valence-corrected chi connectivity index (χ0v) is 17.3. The van der Waals surface area contributed by atoms with Gasteiger partial charge in [-0.2, -0.15) is 0 Å². The van der Waals surface area contributed by atoms with Crippen molar-refractivity contribution in [3.63, 3.8) is 0 Å². The van der Waals surface area contributed by atoms with Gasteiger partial charge in [-0.25, -0.2) is 0 Å². The zero-order chi connectivity index (χ0) is 21.8. The minimum atomic E-state index is -0.752. The summed E-state index contributed by atoms with van der Waals surface area (Å²) in [6.07, 6.45) is 4.15. The van der Waals surface area contributed by atoms with E-state index in [1.165, 1.54) is 12.7 Å². The molecule has 0 aliphatic carbocycles. The second kappa shape index (κ2) is 12.3. The van der Waals surface area contributed by atoms with E-state index in [0.29, 0.717) is 25.4 Å². The largest absolute Gasteiger partial charge is 0.490 e. The first-order valence-electron chi connectivity index (χ1n) is 9.64. The Morgan fingerprint density at radius 1 is 0.967 bits per heavy atom. The van der Waals surface area contributed by atoms with Crippen LogP contribution in [0.5, 0.6) is 11.5 Å². The van der Waals surface area contributed by atoms with Crippen molar-refractivity contribution in [1.29, 1.82) is 0 Å². The molecule has 1 atom stereocenters. The monoisotopic (exact) mass is 412 g/mol. The number of amides is 1. The van der Waals surface area contributed by atoms with Crippen LogP contribution in [0.3, 0.4) is 0 Å². The van der Waals surface area contributed by atoms with Crippen LogP contribution in [0.2, 0.25) is 0 Å². The maximum atomic E-state index is 11.9. The molecular weight excluding hydrogens is 384 g/mol. The minimum Gasteiger partial charge on any atom is -0.490 e. The highest BCUT2D eigenvalue weighted by Gasteiger charge is 2.15. The van der Waals surface area contributed by atoms with E-state index in [-0.39, 0.29) is 6.54 Å². The Kier molecular flexibility index (Phi) is 9.40. The Balaban J connectivity index is 1.67. The number of nitrogens with one attached hydrogen (secondary N) is 1. The summed E-state index contributed by atoms with van der Waals surface area (Å²) in [5.74, 6) is 0.622. The SMILES string of the molecule is COC(=O)CNC(=O)[C@H](N)Cc1ccc(OC/C=C\COc2ccc(C)cc2)cc1. The number of rotatable bonds is 11. The van der Waals surface area contributed by atoms with E-state index in [2.05, 4.69) is 10.1 Å². The van der Waals surface area contributed by atoms with Gasteiger partial charge < -0.3 is 25.3 Å². The van der Waals surface area contributed by atoms with Crippen LogP contribution in [0.1, 0.15) is 11.1 Å². The molecule has 0 aliphatic rings. The number of aryl methyl sites for hydroxylation is 1. The second-order valence-electron chi connectivity index (χ2n) is 6.65. The number of nitrogens with two attached hydrogens (primary N) is 1. The number of benzene rings is 2. The Bertz CT molecular complexity index is 832. The lowest BCUT2D eigenvalue weighted by molar-refractivity contribution is -0.141. The molecule has 30 heavy (non-hydrogen) atoms. The smallest absolute Gasteiger partial charge is 0.325 e. The molecule has 0 aliphatic heterocycles. The van der Waals surface area contributed by atoms with Crippen LogP contribution >= 0.6 is 0 Å². The molecule has 0 heterocycles. The average molecular weight is 412 g/mol. The molecule has 0 fully saturated rings. The first-order valence-corrected chi connectivity index (χ1v) is 9.64. The summed E-state index contributed by atoms with van der Waals surface area (Å²) in [6.45, 7) is 2.74. The van der Waals surface area contributed by atoms with Gasteiger partial charge in [0.2, 0.25) is 5.91 Å². The first kappa shape index (κ1) is 23.0. The molecule has 0 bridgehead atoms. The van der Waals surface area contributed by atoms with Gasteiger partial charge in [0.15, 0.2) is 0 Å². The number of carbonyl (C=O) groups is 2. The van der Waals surface area contributed by atoms with E-state index in [9.17, 15) is 9.59 Å². The fraction of sp³-hybridized carbons (Fsp3) is 0.304. The van der Waals surface area contributed by atoms with Crippen molar-refractivity contribution in [1.82, 2.24) is 5.32 Å².